The van der Waals surface area contributed by atoms with E-state index in [0.29, 0.717) is 28.1 Å². The number of ether oxygens (including phenoxy) is 2. The van der Waals surface area contributed by atoms with E-state index >= 15 is 0 Å². The Morgan fingerprint density at radius 3 is 2.69 bits per heavy atom. The van der Waals surface area contributed by atoms with Gasteiger partial charge in [-0.3, -0.25) is 10.1 Å². The molecule has 4 rings (SSSR count). The SMILES string of the molecule is CC(C)c1ccc(-c2nnc(NC(=O)c3cccc4c3OCO4)s2)cc1. The molecule has 2 heterocycles. The van der Waals surface area contributed by atoms with E-state index in [1.54, 1.807) is 18.2 Å². The Kier molecular flexibility index (Phi) is 4.30. The molecular formula is C19H17N3O3S. The molecule has 0 atom stereocenters. The lowest BCUT2D eigenvalue weighted by molar-refractivity contribution is 0.102. The zero-order valence-electron chi connectivity index (χ0n) is 14.4. The van der Waals surface area contributed by atoms with Crippen molar-refractivity contribution in [1.29, 1.82) is 0 Å². The first-order valence-corrected chi connectivity index (χ1v) is 9.07. The lowest BCUT2D eigenvalue weighted by atomic mass is 10.0. The average molecular weight is 367 g/mol. The summed E-state index contributed by atoms with van der Waals surface area (Å²) in [7, 11) is 0. The van der Waals surface area contributed by atoms with E-state index in [2.05, 4.69) is 41.5 Å². The molecule has 1 aliphatic heterocycles. The highest BCUT2D eigenvalue weighted by Gasteiger charge is 2.22. The molecule has 1 amide bonds. The third-order valence-corrected chi connectivity index (χ3v) is 5.00. The Hall–Kier alpha value is -2.93. The van der Waals surface area contributed by atoms with Crippen LogP contribution in [0.1, 0.15) is 35.7 Å². The van der Waals surface area contributed by atoms with E-state index in [1.807, 2.05) is 12.1 Å². The van der Waals surface area contributed by atoms with Gasteiger partial charge in [0.2, 0.25) is 11.9 Å². The summed E-state index contributed by atoms with van der Waals surface area (Å²) in [6.45, 7) is 4.43. The van der Waals surface area contributed by atoms with Crippen LogP contribution >= 0.6 is 11.3 Å². The molecule has 0 saturated heterocycles. The molecule has 6 nitrogen and oxygen atoms in total. The van der Waals surface area contributed by atoms with E-state index in [-0.39, 0.29) is 12.7 Å². The zero-order chi connectivity index (χ0) is 18.1. The summed E-state index contributed by atoms with van der Waals surface area (Å²) in [5.41, 5.74) is 2.66. The van der Waals surface area contributed by atoms with Crippen LogP contribution in [-0.2, 0) is 0 Å². The smallest absolute Gasteiger partial charge is 0.261 e. The van der Waals surface area contributed by atoms with Crippen LogP contribution in [0, 0.1) is 0 Å². The van der Waals surface area contributed by atoms with Crippen LogP contribution < -0.4 is 14.8 Å². The first-order valence-electron chi connectivity index (χ1n) is 8.25. The summed E-state index contributed by atoms with van der Waals surface area (Å²) < 4.78 is 10.7. The Morgan fingerprint density at radius 2 is 1.92 bits per heavy atom. The molecule has 0 unspecified atom stereocenters. The molecule has 0 radical (unpaired) electrons. The molecule has 0 bridgehead atoms. The van der Waals surface area contributed by atoms with Crippen molar-refractivity contribution in [3.8, 4) is 22.1 Å². The highest BCUT2D eigenvalue weighted by molar-refractivity contribution is 7.18. The number of aromatic nitrogens is 2. The van der Waals surface area contributed by atoms with Gasteiger partial charge >= 0.3 is 0 Å². The number of nitrogens with one attached hydrogen (secondary N) is 1. The van der Waals surface area contributed by atoms with E-state index in [0.717, 1.165) is 10.6 Å². The number of nitrogens with zero attached hydrogens (tertiary/aromatic N) is 2. The van der Waals surface area contributed by atoms with Crippen LogP contribution in [0.25, 0.3) is 10.6 Å². The molecule has 26 heavy (non-hydrogen) atoms. The van der Waals surface area contributed by atoms with Crippen LogP contribution in [0.4, 0.5) is 5.13 Å². The Labute approximate surface area is 154 Å². The number of carbonyl (C=O) groups excluding carboxylic acids is 1. The van der Waals surface area contributed by atoms with Crippen LogP contribution in [0.5, 0.6) is 11.5 Å². The largest absolute Gasteiger partial charge is 0.454 e. The average Bonchev–Trinajstić information content (AvgIpc) is 3.30. The highest BCUT2D eigenvalue weighted by atomic mass is 32.1. The van der Waals surface area contributed by atoms with Gasteiger partial charge in [-0.1, -0.05) is 55.5 Å². The van der Waals surface area contributed by atoms with Gasteiger partial charge in [-0.2, -0.15) is 0 Å². The van der Waals surface area contributed by atoms with Crippen molar-refractivity contribution in [2.24, 2.45) is 0 Å². The first-order chi connectivity index (χ1) is 12.6. The summed E-state index contributed by atoms with van der Waals surface area (Å²) in [6.07, 6.45) is 0. The second-order valence-corrected chi connectivity index (χ2v) is 7.16. The van der Waals surface area contributed by atoms with Gasteiger partial charge in [0.05, 0.1) is 5.56 Å². The molecule has 7 heteroatoms. The first kappa shape index (κ1) is 16.5. The van der Waals surface area contributed by atoms with Gasteiger partial charge in [0.1, 0.15) is 5.01 Å². The van der Waals surface area contributed by atoms with Crippen LogP contribution in [0.15, 0.2) is 42.5 Å². The minimum atomic E-state index is -0.301. The minimum Gasteiger partial charge on any atom is -0.454 e. The van der Waals surface area contributed by atoms with Crippen molar-refractivity contribution in [1.82, 2.24) is 10.2 Å². The second kappa shape index (κ2) is 6.76. The highest BCUT2D eigenvalue weighted by Crippen LogP contribution is 2.36. The lowest BCUT2D eigenvalue weighted by Gasteiger charge is -2.05. The number of rotatable bonds is 4. The maximum Gasteiger partial charge on any atom is 0.261 e. The van der Waals surface area contributed by atoms with Crippen molar-refractivity contribution in [3.63, 3.8) is 0 Å². The number of carbonyl (C=O) groups is 1. The van der Waals surface area contributed by atoms with Crippen molar-refractivity contribution in [2.45, 2.75) is 19.8 Å². The van der Waals surface area contributed by atoms with Gasteiger partial charge in [-0.15, -0.1) is 10.2 Å². The maximum absolute atomic E-state index is 12.5. The van der Waals surface area contributed by atoms with Gasteiger partial charge < -0.3 is 9.47 Å². The van der Waals surface area contributed by atoms with Crippen molar-refractivity contribution < 1.29 is 14.3 Å². The molecule has 2 aromatic carbocycles. The molecule has 3 aromatic rings. The third kappa shape index (κ3) is 3.13. The number of para-hydroxylation sites is 1. The standard InChI is InChI=1S/C19H17N3O3S/c1-11(2)12-6-8-13(9-7-12)18-21-22-19(26-18)20-17(23)14-4-3-5-15-16(14)25-10-24-15/h3-9,11H,10H2,1-2H3,(H,20,22,23). The number of benzene rings is 2. The summed E-state index contributed by atoms with van der Waals surface area (Å²) in [5, 5.41) is 12.2. The molecule has 132 valence electrons. The van der Waals surface area contributed by atoms with Gasteiger partial charge in [0.15, 0.2) is 11.5 Å². The summed E-state index contributed by atoms with van der Waals surface area (Å²) in [4.78, 5) is 12.5. The second-order valence-electron chi connectivity index (χ2n) is 6.18. The van der Waals surface area contributed by atoms with Gasteiger partial charge in [-0.25, -0.2) is 0 Å². The van der Waals surface area contributed by atoms with Crippen molar-refractivity contribution in [3.05, 3.63) is 53.6 Å². The molecule has 1 aliphatic rings. The lowest BCUT2D eigenvalue weighted by Crippen LogP contribution is -2.12. The fourth-order valence-corrected chi connectivity index (χ4v) is 3.42. The van der Waals surface area contributed by atoms with E-state index in [4.69, 9.17) is 9.47 Å². The summed E-state index contributed by atoms with van der Waals surface area (Å²) in [6, 6.07) is 13.4. The number of amides is 1. The normalized spacial score (nSPS) is 12.4. The molecule has 0 fully saturated rings. The third-order valence-electron chi connectivity index (χ3n) is 4.11. The van der Waals surface area contributed by atoms with E-state index in [1.165, 1.54) is 16.9 Å². The monoisotopic (exact) mass is 367 g/mol. The van der Waals surface area contributed by atoms with Gasteiger partial charge in [0, 0.05) is 5.56 Å². The quantitative estimate of drug-likeness (QED) is 0.744. The molecule has 0 spiro atoms. The maximum atomic E-state index is 12.5. The number of hydrogen-bond acceptors (Lipinski definition) is 6. The van der Waals surface area contributed by atoms with Crippen molar-refractivity contribution >= 4 is 22.4 Å². The molecule has 1 aromatic heterocycles. The Balaban J connectivity index is 1.52. The Bertz CT molecular complexity index is 951. The molecule has 1 N–H and O–H groups in total. The van der Waals surface area contributed by atoms with Crippen LogP contribution in [0.3, 0.4) is 0 Å². The van der Waals surface area contributed by atoms with Crippen LogP contribution in [-0.4, -0.2) is 22.9 Å². The Morgan fingerprint density at radius 1 is 1.12 bits per heavy atom. The number of fused-ring (bicyclic) bond motifs is 1. The van der Waals surface area contributed by atoms with Gasteiger partial charge in [0.25, 0.3) is 5.91 Å². The molecular weight excluding hydrogens is 350 g/mol. The predicted molar refractivity (Wildman–Crippen MR) is 100.0 cm³/mol. The fraction of sp³-hybridized carbons (Fsp3) is 0.211. The number of hydrogen-bond donors (Lipinski definition) is 1. The minimum absolute atomic E-state index is 0.120. The van der Waals surface area contributed by atoms with Crippen molar-refractivity contribution in [2.75, 3.05) is 12.1 Å². The van der Waals surface area contributed by atoms with E-state index < -0.39 is 0 Å². The van der Waals surface area contributed by atoms with E-state index in [9.17, 15) is 4.79 Å². The topological polar surface area (TPSA) is 73.3 Å². The van der Waals surface area contributed by atoms with Gasteiger partial charge in [-0.05, 0) is 23.6 Å². The molecule has 0 saturated carbocycles. The predicted octanol–water partition coefficient (Wildman–Crippen LogP) is 4.31. The molecule has 0 aliphatic carbocycles. The summed E-state index contributed by atoms with van der Waals surface area (Å²) >= 11 is 1.33. The van der Waals surface area contributed by atoms with Crippen LogP contribution in [0.2, 0.25) is 0 Å². The fourth-order valence-electron chi connectivity index (χ4n) is 2.67. The summed E-state index contributed by atoms with van der Waals surface area (Å²) in [5.74, 6) is 1.21. The zero-order valence-corrected chi connectivity index (χ0v) is 15.2. The number of anilines is 1.